The number of hydrogen-bond acceptors (Lipinski definition) is 6. The number of carbonyl (C=O) groups excluding carboxylic acids is 3. The smallest absolute Gasteiger partial charge is 0.338 e. The van der Waals surface area contributed by atoms with Crippen LogP contribution in [0.2, 0.25) is 5.02 Å². The van der Waals surface area contributed by atoms with E-state index in [1.165, 1.54) is 4.90 Å². The maximum atomic E-state index is 13.1. The fourth-order valence-corrected chi connectivity index (χ4v) is 4.43. The molecule has 4 rings (SSSR count). The number of benzene rings is 2. The lowest BCUT2D eigenvalue weighted by atomic mass is 10.1. The molecule has 0 spiro atoms. The Morgan fingerprint density at radius 2 is 1.72 bits per heavy atom. The van der Waals surface area contributed by atoms with Crippen molar-refractivity contribution < 1.29 is 19.1 Å². The molecular formula is C24H26ClN3O4. The molecule has 2 amide bonds. The SMILES string of the molecule is CCOC(=O)c1ccc(N2C(=O)C[C@@H](N3CCN(Cc4ccccc4Cl)CC3)C2=O)cc1. The largest absolute Gasteiger partial charge is 0.462 e. The van der Waals surface area contributed by atoms with Crippen molar-refractivity contribution in [1.82, 2.24) is 9.80 Å². The molecule has 2 aliphatic heterocycles. The van der Waals surface area contributed by atoms with E-state index in [0.29, 0.717) is 24.3 Å². The summed E-state index contributed by atoms with van der Waals surface area (Å²) in [5, 5.41) is 0.760. The zero-order chi connectivity index (χ0) is 22.7. The highest BCUT2D eigenvalue weighted by Crippen LogP contribution is 2.27. The van der Waals surface area contributed by atoms with Crippen LogP contribution in [-0.2, 0) is 20.9 Å². The van der Waals surface area contributed by atoms with Crippen molar-refractivity contribution >= 4 is 35.1 Å². The Balaban J connectivity index is 1.37. The Morgan fingerprint density at radius 3 is 2.38 bits per heavy atom. The van der Waals surface area contributed by atoms with Crippen LogP contribution >= 0.6 is 11.6 Å². The van der Waals surface area contributed by atoms with E-state index in [9.17, 15) is 14.4 Å². The molecule has 2 saturated heterocycles. The molecule has 0 saturated carbocycles. The van der Waals surface area contributed by atoms with E-state index in [-0.39, 0.29) is 24.8 Å². The number of hydrogen-bond donors (Lipinski definition) is 0. The van der Waals surface area contributed by atoms with Gasteiger partial charge in [0.25, 0.3) is 5.91 Å². The number of esters is 1. The van der Waals surface area contributed by atoms with Gasteiger partial charge in [-0.3, -0.25) is 19.4 Å². The number of rotatable bonds is 6. The maximum absolute atomic E-state index is 13.1. The van der Waals surface area contributed by atoms with Gasteiger partial charge in [-0.15, -0.1) is 0 Å². The van der Waals surface area contributed by atoms with Gasteiger partial charge in [0.15, 0.2) is 0 Å². The van der Waals surface area contributed by atoms with Gasteiger partial charge in [-0.05, 0) is 42.8 Å². The first-order chi connectivity index (χ1) is 15.5. The molecule has 2 heterocycles. The van der Waals surface area contributed by atoms with Gasteiger partial charge in [0.05, 0.1) is 30.3 Å². The minimum atomic E-state index is -0.449. The molecular weight excluding hydrogens is 430 g/mol. The molecule has 2 aromatic carbocycles. The minimum Gasteiger partial charge on any atom is -0.462 e. The highest BCUT2D eigenvalue weighted by Gasteiger charge is 2.43. The van der Waals surface area contributed by atoms with Crippen molar-refractivity contribution in [1.29, 1.82) is 0 Å². The summed E-state index contributed by atoms with van der Waals surface area (Å²) in [7, 11) is 0. The van der Waals surface area contributed by atoms with Crippen molar-refractivity contribution in [2.24, 2.45) is 0 Å². The molecule has 0 radical (unpaired) electrons. The second-order valence-corrected chi connectivity index (χ2v) is 8.37. The molecule has 1 atom stereocenters. The predicted octanol–water partition coefficient (Wildman–Crippen LogP) is 2.97. The molecule has 0 bridgehead atoms. The van der Waals surface area contributed by atoms with Gasteiger partial charge in [0.1, 0.15) is 0 Å². The lowest BCUT2D eigenvalue weighted by Gasteiger charge is -2.37. The zero-order valence-corrected chi connectivity index (χ0v) is 18.8. The number of halogens is 1. The third-order valence-corrected chi connectivity index (χ3v) is 6.33. The average Bonchev–Trinajstić information content (AvgIpc) is 3.10. The monoisotopic (exact) mass is 455 g/mol. The first-order valence-electron chi connectivity index (χ1n) is 10.8. The molecule has 0 aromatic heterocycles. The van der Waals surface area contributed by atoms with Crippen LogP contribution in [0, 0.1) is 0 Å². The third kappa shape index (κ3) is 4.70. The first kappa shape index (κ1) is 22.5. The van der Waals surface area contributed by atoms with Crippen LogP contribution in [0.4, 0.5) is 5.69 Å². The zero-order valence-electron chi connectivity index (χ0n) is 18.0. The van der Waals surface area contributed by atoms with E-state index >= 15 is 0 Å². The first-order valence-corrected chi connectivity index (χ1v) is 11.2. The Hall–Kier alpha value is -2.74. The average molecular weight is 456 g/mol. The van der Waals surface area contributed by atoms with Gasteiger partial charge >= 0.3 is 5.97 Å². The molecule has 32 heavy (non-hydrogen) atoms. The van der Waals surface area contributed by atoms with Gasteiger partial charge in [-0.25, -0.2) is 9.69 Å². The van der Waals surface area contributed by atoms with E-state index in [2.05, 4.69) is 9.80 Å². The van der Waals surface area contributed by atoms with Crippen LogP contribution in [0.15, 0.2) is 48.5 Å². The van der Waals surface area contributed by atoms with Crippen LogP contribution in [0.25, 0.3) is 0 Å². The number of piperazine rings is 1. The summed E-state index contributed by atoms with van der Waals surface area (Å²) < 4.78 is 4.98. The molecule has 0 aliphatic carbocycles. The molecule has 8 heteroatoms. The Morgan fingerprint density at radius 1 is 1.03 bits per heavy atom. The van der Waals surface area contributed by atoms with Crippen LogP contribution in [0.1, 0.15) is 29.3 Å². The maximum Gasteiger partial charge on any atom is 0.338 e. The number of ether oxygens (including phenoxy) is 1. The van der Waals surface area contributed by atoms with Crippen LogP contribution < -0.4 is 4.90 Å². The topological polar surface area (TPSA) is 70.2 Å². The van der Waals surface area contributed by atoms with Crippen LogP contribution in [-0.4, -0.2) is 66.4 Å². The Labute approximate surface area is 192 Å². The van der Waals surface area contributed by atoms with Crippen molar-refractivity contribution in [2.75, 3.05) is 37.7 Å². The summed E-state index contributed by atoms with van der Waals surface area (Å²) in [6.45, 7) is 5.83. The Bertz CT molecular complexity index is 1000. The molecule has 2 aromatic rings. The highest BCUT2D eigenvalue weighted by atomic mass is 35.5. The standard InChI is InChI=1S/C24H26ClN3O4/c1-2-32-24(31)17-7-9-19(10-8-17)28-22(29)15-21(23(28)30)27-13-11-26(12-14-27)16-18-5-3-4-6-20(18)25/h3-10,21H,2,11-16H2,1H3/t21-/m1/s1. The van der Waals surface area contributed by atoms with Gasteiger partial charge in [0, 0.05) is 37.7 Å². The second-order valence-electron chi connectivity index (χ2n) is 7.96. The fraction of sp³-hybridized carbons (Fsp3) is 0.375. The number of amides is 2. The van der Waals surface area contributed by atoms with E-state index in [0.717, 1.165) is 30.2 Å². The highest BCUT2D eigenvalue weighted by molar-refractivity contribution is 6.31. The summed E-state index contributed by atoms with van der Waals surface area (Å²) in [6, 6.07) is 13.8. The van der Waals surface area contributed by atoms with E-state index in [4.69, 9.17) is 16.3 Å². The molecule has 2 fully saturated rings. The summed E-state index contributed by atoms with van der Waals surface area (Å²) in [5.41, 5.74) is 1.96. The van der Waals surface area contributed by atoms with Crippen molar-refractivity contribution in [2.45, 2.75) is 25.9 Å². The van der Waals surface area contributed by atoms with Crippen LogP contribution in [0.5, 0.6) is 0 Å². The molecule has 168 valence electrons. The number of imide groups is 1. The number of nitrogens with zero attached hydrogens (tertiary/aromatic N) is 3. The van der Waals surface area contributed by atoms with E-state index in [1.807, 2.05) is 24.3 Å². The second kappa shape index (κ2) is 9.81. The normalized spacial score (nSPS) is 20.1. The summed E-state index contributed by atoms with van der Waals surface area (Å²) in [4.78, 5) is 43.2. The molecule has 7 nitrogen and oxygen atoms in total. The van der Waals surface area contributed by atoms with Gasteiger partial charge < -0.3 is 4.74 Å². The van der Waals surface area contributed by atoms with E-state index < -0.39 is 12.0 Å². The molecule has 0 unspecified atom stereocenters. The van der Waals surface area contributed by atoms with E-state index in [1.54, 1.807) is 31.2 Å². The van der Waals surface area contributed by atoms with Crippen molar-refractivity contribution in [3.63, 3.8) is 0 Å². The molecule has 2 aliphatic rings. The summed E-state index contributed by atoms with van der Waals surface area (Å²) >= 11 is 6.28. The molecule has 0 N–H and O–H groups in total. The third-order valence-electron chi connectivity index (χ3n) is 5.96. The van der Waals surface area contributed by atoms with Crippen LogP contribution in [0.3, 0.4) is 0 Å². The van der Waals surface area contributed by atoms with Gasteiger partial charge in [0.2, 0.25) is 5.91 Å². The summed E-state index contributed by atoms with van der Waals surface area (Å²) in [6.07, 6.45) is 0.170. The van der Waals surface area contributed by atoms with Crippen molar-refractivity contribution in [3.8, 4) is 0 Å². The predicted molar refractivity (Wildman–Crippen MR) is 122 cm³/mol. The van der Waals surface area contributed by atoms with Gasteiger partial charge in [-0.2, -0.15) is 0 Å². The van der Waals surface area contributed by atoms with Crippen molar-refractivity contribution in [3.05, 3.63) is 64.7 Å². The number of carbonyl (C=O) groups is 3. The fourth-order valence-electron chi connectivity index (χ4n) is 4.23. The number of anilines is 1. The lowest BCUT2D eigenvalue weighted by Crippen LogP contribution is -2.52. The lowest BCUT2D eigenvalue weighted by molar-refractivity contribution is -0.123. The quantitative estimate of drug-likeness (QED) is 0.492. The minimum absolute atomic E-state index is 0.170. The van der Waals surface area contributed by atoms with Gasteiger partial charge in [-0.1, -0.05) is 29.8 Å². The summed E-state index contributed by atoms with van der Waals surface area (Å²) in [5.74, 6) is -0.855. The Kier molecular flexibility index (Phi) is 6.89.